The lowest BCUT2D eigenvalue weighted by Gasteiger charge is -2.28. The van der Waals surface area contributed by atoms with Gasteiger partial charge in [-0.25, -0.2) is 8.78 Å². The number of hydrogen-bond donors (Lipinski definition) is 2. The maximum absolute atomic E-state index is 13.1. The average Bonchev–Trinajstić information content (AvgIpc) is 3.15. The van der Waals surface area contributed by atoms with Crippen molar-refractivity contribution in [1.29, 1.82) is 0 Å². The molecule has 2 saturated carbocycles. The van der Waals surface area contributed by atoms with Gasteiger partial charge < -0.3 is 20.1 Å². The van der Waals surface area contributed by atoms with Crippen molar-refractivity contribution in [3.8, 4) is 11.5 Å². The van der Waals surface area contributed by atoms with Crippen molar-refractivity contribution in [3.05, 3.63) is 119 Å². The lowest BCUT2D eigenvalue weighted by Crippen LogP contribution is -2.38. The van der Waals surface area contributed by atoms with Crippen molar-refractivity contribution in [3.63, 3.8) is 0 Å². The van der Waals surface area contributed by atoms with Crippen LogP contribution in [0.2, 0.25) is 0 Å². The zero-order chi connectivity index (χ0) is 35.1. The summed E-state index contributed by atoms with van der Waals surface area (Å²) < 4.78 is 37.0. The van der Waals surface area contributed by atoms with Gasteiger partial charge in [-0.3, -0.25) is 19.6 Å². The Bertz CT molecular complexity index is 1650. The summed E-state index contributed by atoms with van der Waals surface area (Å²) in [6.07, 6.45) is 15.1. The Labute approximate surface area is 296 Å². The number of benzene rings is 2. The number of carbonyl (C=O) groups excluding carboxylic acids is 2. The SMILES string of the molecule is C[C@@H](NC(=O)c1ccc(COc2ccc(F)cc2)nc1)C1CCCCC1.O=C(NC1CCCCC1)c1ccc(COc2cccc(F)c2)nc1.[HH].[HH]. The van der Waals surface area contributed by atoms with E-state index in [1.165, 1.54) is 75.6 Å². The normalized spacial score (nSPS) is 15.6. The molecule has 0 aliphatic heterocycles. The first-order valence-electron chi connectivity index (χ1n) is 17.6. The Balaban J connectivity index is 0.000000271. The van der Waals surface area contributed by atoms with E-state index in [0.717, 1.165) is 12.8 Å². The fourth-order valence-corrected chi connectivity index (χ4v) is 6.25. The second-order valence-electron chi connectivity index (χ2n) is 13.0. The summed E-state index contributed by atoms with van der Waals surface area (Å²) in [6.45, 7) is 2.59. The van der Waals surface area contributed by atoms with E-state index < -0.39 is 0 Å². The summed E-state index contributed by atoms with van der Waals surface area (Å²) >= 11 is 0. The summed E-state index contributed by atoms with van der Waals surface area (Å²) in [5.41, 5.74) is 2.51. The molecule has 50 heavy (non-hydrogen) atoms. The van der Waals surface area contributed by atoms with E-state index in [0.29, 0.717) is 39.9 Å². The number of pyridine rings is 2. The molecule has 8 nitrogen and oxygen atoms in total. The van der Waals surface area contributed by atoms with Gasteiger partial charge in [0.05, 0.1) is 22.5 Å². The predicted molar refractivity (Wildman–Crippen MR) is 192 cm³/mol. The Hall–Kier alpha value is -4.86. The summed E-state index contributed by atoms with van der Waals surface area (Å²) in [6, 6.07) is 19.3. The van der Waals surface area contributed by atoms with Crippen LogP contribution in [0, 0.1) is 17.6 Å². The van der Waals surface area contributed by atoms with Crippen LogP contribution in [0.3, 0.4) is 0 Å². The summed E-state index contributed by atoms with van der Waals surface area (Å²) in [7, 11) is 0. The van der Waals surface area contributed by atoms with Crippen LogP contribution in [0.1, 0.15) is 106 Å². The van der Waals surface area contributed by atoms with E-state index in [1.54, 1.807) is 60.9 Å². The molecule has 268 valence electrons. The van der Waals surface area contributed by atoms with Crippen molar-refractivity contribution in [2.75, 3.05) is 0 Å². The molecule has 4 aromatic rings. The first-order valence-corrected chi connectivity index (χ1v) is 17.6. The van der Waals surface area contributed by atoms with Gasteiger partial charge in [-0.2, -0.15) is 0 Å². The quantitative estimate of drug-likeness (QED) is 0.163. The summed E-state index contributed by atoms with van der Waals surface area (Å²) in [5, 5.41) is 6.17. The van der Waals surface area contributed by atoms with Crippen LogP contribution < -0.4 is 20.1 Å². The Morgan fingerprint density at radius 1 is 0.720 bits per heavy atom. The highest BCUT2D eigenvalue weighted by Crippen LogP contribution is 2.26. The van der Waals surface area contributed by atoms with Crippen LogP contribution in [-0.4, -0.2) is 33.9 Å². The largest absolute Gasteiger partial charge is 0.487 e. The van der Waals surface area contributed by atoms with E-state index in [4.69, 9.17) is 9.47 Å². The van der Waals surface area contributed by atoms with Gasteiger partial charge in [-0.1, -0.05) is 44.6 Å². The lowest BCUT2D eigenvalue weighted by atomic mass is 9.84. The maximum atomic E-state index is 13.1. The van der Waals surface area contributed by atoms with E-state index in [1.807, 2.05) is 0 Å². The number of halogens is 2. The molecule has 0 spiro atoms. The molecule has 0 saturated heterocycles. The number of nitrogens with zero attached hydrogens (tertiary/aromatic N) is 2. The van der Waals surface area contributed by atoms with Crippen molar-refractivity contribution in [2.45, 2.75) is 96.4 Å². The predicted octanol–water partition coefficient (Wildman–Crippen LogP) is 8.85. The number of rotatable bonds is 11. The van der Waals surface area contributed by atoms with Gasteiger partial charge in [0.1, 0.15) is 36.3 Å². The molecule has 2 N–H and O–H groups in total. The van der Waals surface area contributed by atoms with Crippen LogP contribution in [0.4, 0.5) is 8.78 Å². The fourth-order valence-electron chi connectivity index (χ4n) is 6.25. The van der Waals surface area contributed by atoms with E-state index in [9.17, 15) is 18.4 Å². The fraction of sp³-hybridized carbons (Fsp3) is 0.400. The second kappa shape index (κ2) is 18.8. The molecular weight excluding hydrogens is 638 g/mol. The monoisotopic (exact) mass is 688 g/mol. The van der Waals surface area contributed by atoms with Gasteiger partial charge in [0.2, 0.25) is 0 Å². The third-order valence-corrected chi connectivity index (χ3v) is 9.21. The van der Waals surface area contributed by atoms with Gasteiger partial charge in [0.25, 0.3) is 11.8 Å². The number of amides is 2. The molecule has 10 heteroatoms. The maximum Gasteiger partial charge on any atom is 0.253 e. The highest BCUT2D eigenvalue weighted by atomic mass is 19.1. The third kappa shape index (κ3) is 11.6. The van der Waals surface area contributed by atoms with Crippen LogP contribution in [0.25, 0.3) is 0 Å². The average molecular weight is 689 g/mol. The van der Waals surface area contributed by atoms with Gasteiger partial charge in [0, 0.05) is 33.4 Å². The Morgan fingerprint density at radius 3 is 1.88 bits per heavy atom. The first kappa shape index (κ1) is 36.4. The number of ether oxygens (including phenoxy) is 2. The van der Waals surface area contributed by atoms with Gasteiger partial charge in [0.15, 0.2) is 0 Å². The van der Waals surface area contributed by atoms with E-state index in [-0.39, 0.29) is 51.6 Å². The number of carbonyl (C=O) groups is 2. The van der Waals surface area contributed by atoms with Gasteiger partial charge >= 0.3 is 0 Å². The summed E-state index contributed by atoms with van der Waals surface area (Å²) in [5.74, 6) is 0.813. The van der Waals surface area contributed by atoms with E-state index >= 15 is 0 Å². The zero-order valence-corrected chi connectivity index (χ0v) is 28.6. The van der Waals surface area contributed by atoms with Crippen LogP contribution >= 0.6 is 0 Å². The molecular formula is C40H50F2N4O4. The molecule has 2 amide bonds. The standard InChI is InChI=1S/C21H25FN2O2.C19H21FN2O2.2H2/c1-15(16-5-3-2-4-6-16)24-21(25)17-7-10-19(23-13-17)14-26-20-11-8-18(22)9-12-20;20-15-5-4-8-18(11-15)24-13-17-10-9-14(12-21-17)19(23)22-16-6-2-1-3-7-16;;/h7-13,15-16H,2-6,14H2,1H3,(H,24,25);4-5,8-12,16H,1-3,6-7,13H2,(H,22,23);2*1H/t15-;;;/m1.../s1. The van der Waals surface area contributed by atoms with Crippen molar-refractivity contribution in [2.24, 2.45) is 5.92 Å². The third-order valence-electron chi connectivity index (χ3n) is 9.21. The molecule has 1 atom stereocenters. The second-order valence-corrected chi connectivity index (χ2v) is 13.0. The molecule has 6 rings (SSSR count). The molecule has 2 aliphatic carbocycles. The highest BCUT2D eigenvalue weighted by Gasteiger charge is 2.22. The molecule has 0 radical (unpaired) electrons. The van der Waals surface area contributed by atoms with Crippen molar-refractivity contribution in [1.82, 2.24) is 20.6 Å². The van der Waals surface area contributed by atoms with Gasteiger partial charge in [-0.15, -0.1) is 0 Å². The first-order chi connectivity index (χ1) is 24.3. The van der Waals surface area contributed by atoms with E-state index in [2.05, 4.69) is 27.5 Å². The molecule has 0 bridgehead atoms. The minimum absolute atomic E-state index is 0. The molecule has 2 heterocycles. The minimum atomic E-state index is -0.338. The topological polar surface area (TPSA) is 102 Å². The molecule has 0 unspecified atom stereocenters. The van der Waals surface area contributed by atoms with Crippen LogP contribution in [-0.2, 0) is 13.2 Å². The zero-order valence-electron chi connectivity index (χ0n) is 28.6. The minimum Gasteiger partial charge on any atom is -0.487 e. The molecule has 2 aliphatic rings. The molecule has 2 aromatic heterocycles. The van der Waals surface area contributed by atoms with Gasteiger partial charge in [-0.05, 0) is 99.2 Å². The Morgan fingerprint density at radius 2 is 1.30 bits per heavy atom. The van der Waals surface area contributed by atoms with Crippen molar-refractivity contribution < 1.29 is 30.7 Å². The molecule has 2 aromatic carbocycles. The molecule has 2 fully saturated rings. The van der Waals surface area contributed by atoms with Crippen molar-refractivity contribution >= 4 is 11.8 Å². The van der Waals surface area contributed by atoms with Crippen LogP contribution in [0.15, 0.2) is 85.2 Å². The summed E-state index contributed by atoms with van der Waals surface area (Å²) in [4.78, 5) is 33.2. The smallest absolute Gasteiger partial charge is 0.253 e. The number of nitrogens with one attached hydrogen (secondary N) is 2. The number of hydrogen-bond acceptors (Lipinski definition) is 6. The number of aromatic nitrogens is 2. The lowest BCUT2D eigenvalue weighted by molar-refractivity contribution is 0.0913. The highest BCUT2D eigenvalue weighted by molar-refractivity contribution is 5.94. The Kier molecular flexibility index (Phi) is 13.7. The van der Waals surface area contributed by atoms with Crippen LogP contribution in [0.5, 0.6) is 11.5 Å².